The highest BCUT2D eigenvalue weighted by atomic mass is 16.5. The maximum atomic E-state index is 5.79. The Hall–Kier alpha value is -2.29. The van der Waals surface area contributed by atoms with Gasteiger partial charge in [-0.1, -0.05) is 37.3 Å². The lowest BCUT2D eigenvalue weighted by atomic mass is 10.00. The van der Waals surface area contributed by atoms with Crippen molar-refractivity contribution in [1.82, 2.24) is 5.32 Å². The zero-order valence-corrected chi connectivity index (χ0v) is 11.5. The van der Waals surface area contributed by atoms with E-state index in [1.165, 1.54) is 5.56 Å². The van der Waals surface area contributed by atoms with E-state index >= 15 is 0 Å². The number of rotatable bonds is 4. The van der Waals surface area contributed by atoms with E-state index in [1.807, 2.05) is 42.5 Å². The Labute approximate surface area is 119 Å². The molecule has 3 nitrogen and oxygen atoms in total. The molecule has 0 radical (unpaired) electrons. The maximum absolute atomic E-state index is 5.79. The van der Waals surface area contributed by atoms with E-state index in [1.54, 1.807) is 0 Å². The van der Waals surface area contributed by atoms with Crippen molar-refractivity contribution in [3.05, 3.63) is 60.2 Å². The molecule has 0 bridgehead atoms. The van der Waals surface area contributed by atoms with Crippen LogP contribution in [0.5, 0.6) is 11.5 Å². The van der Waals surface area contributed by atoms with Crippen molar-refractivity contribution in [3.8, 4) is 11.5 Å². The number of hydrogen-bond acceptors (Lipinski definition) is 3. The van der Waals surface area contributed by atoms with Crippen LogP contribution in [0.4, 0.5) is 0 Å². The minimum Gasteiger partial charge on any atom is -0.457 e. The molecule has 1 aliphatic heterocycles. The summed E-state index contributed by atoms with van der Waals surface area (Å²) in [7, 11) is 0. The fourth-order valence-electron chi connectivity index (χ4n) is 2.31. The van der Waals surface area contributed by atoms with E-state index in [0.29, 0.717) is 5.92 Å². The average Bonchev–Trinajstić information content (AvgIpc) is 3.03. The summed E-state index contributed by atoms with van der Waals surface area (Å²) in [6.07, 6.45) is 0. The number of hydrogen-bond donors (Lipinski definition) is 1. The fraction of sp³-hybridized carbons (Fsp3) is 0.235. The third-order valence-electron chi connectivity index (χ3n) is 3.47. The van der Waals surface area contributed by atoms with Crippen LogP contribution in [0.1, 0.15) is 18.4 Å². The molecule has 1 heterocycles. The van der Waals surface area contributed by atoms with Crippen LogP contribution in [0.2, 0.25) is 0 Å². The van der Waals surface area contributed by atoms with Crippen LogP contribution in [-0.4, -0.2) is 18.9 Å². The molecule has 0 spiro atoms. The number of ether oxygens (including phenoxy) is 1. The summed E-state index contributed by atoms with van der Waals surface area (Å²) in [5, 5.41) is 3.33. The second-order valence-electron chi connectivity index (χ2n) is 4.90. The number of amidine groups is 1. The van der Waals surface area contributed by atoms with Gasteiger partial charge in [0.2, 0.25) is 0 Å². The van der Waals surface area contributed by atoms with Gasteiger partial charge in [0.1, 0.15) is 17.3 Å². The molecule has 0 saturated heterocycles. The molecule has 3 rings (SSSR count). The quantitative estimate of drug-likeness (QED) is 0.917. The summed E-state index contributed by atoms with van der Waals surface area (Å²) < 4.78 is 5.79. The Kier molecular flexibility index (Phi) is 3.68. The largest absolute Gasteiger partial charge is 0.457 e. The lowest BCUT2D eigenvalue weighted by molar-refractivity contribution is 0.482. The van der Waals surface area contributed by atoms with Gasteiger partial charge in [-0.3, -0.25) is 4.99 Å². The number of nitrogens with one attached hydrogen (secondary N) is 1. The Morgan fingerprint density at radius 2 is 1.70 bits per heavy atom. The molecular formula is C17H18N2O. The first-order chi connectivity index (χ1) is 9.83. The van der Waals surface area contributed by atoms with Gasteiger partial charge < -0.3 is 10.1 Å². The van der Waals surface area contributed by atoms with Crippen molar-refractivity contribution < 1.29 is 4.74 Å². The highest BCUT2D eigenvalue weighted by Gasteiger charge is 2.15. The number of nitrogens with zero attached hydrogens (tertiary/aromatic N) is 1. The monoisotopic (exact) mass is 266 g/mol. The minimum atomic E-state index is 0.309. The van der Waals surface area contributed by atoms with Crippen molar-refractivity contribution in [2.24, 2.45) is 4.99 Å². The normalized spacial score (nSPS) is 15.3. The predicted molar refractivity (Wildman–Crippen MR) is 81.7 cm³/mol. The van der Waals surface area contributed by atoms with E-state index < -0.39 is 0 Å². The smallest absolute Gasteiger partial charge is 0.127 e. The van der Waals surface area contributed by atoms with Crippen LogP contribution in [0.25, 0.3) is 0 Å². The molecule has 1 N–H and O–H groups in total. The molecule has 1 atom stereocenters. The second kappa shape index (κ2) is 5.78. The summed E-state index contributed by atoms with van der Waals surface area (Å²) in [5.41, 5.74) is 1.25. The zero-order chi connectivity index (χ0) is 13.8. The van der Waals surface area contributed by atoms with Gasteiger partial charge in [0.15, 0.2) is 0 Å². The fourth-order valence-corrected chi connectivity index (χ4v) is 2.31. The van der Waals surface area contributed by atoms with E-state index in [2.05, 4.69) is 29.4 Å². The van der Waals surface area contributed by atoms with E-state index in [0.717, 1.165) is 30.4 Å². The van der Waals surface area contributed by atoms with Crippen LogP contribution in [0.15, 0.2) is 59.6 Å². The summed E-state index contributed by atoms with van der Waals surface area (Å²) in [5.74, 6) is 3.11. The first-order valence-electron chi connectivity index (χ1n) is 6.94. The highest BCUT2D eigenvalue weighted by Crippen LogP contribution is 2.24. The van der Waals surface area contributed by atoms with E-state index in [4.69, 9.17) is 4.74 Å². The van der Waals surface area contributed by atoms with Gasteiger partial charge >= 0.3 is 0 Å². The van der Waals surface area contributed by atoms with Crippen molar-refractivity contribution in [1.29, 1.82) is 0 Å². The topological polar surface area (TPSA) is 33.6 Å². The molecule has 0 amide bonds. The van der Waals surface area contributed by atoms with Crippen LogP contribution in [0, 0.1) is 0 Å². The molecule has 0 saturated carbocycles. The van der Waals surface area contributed by atoms with Gasteiger partial charge in [0.05, 0.1) is 6.54 Å². The summed E-state index contributed by atoms with van der Waals surface area (Å²) in [4.78, 5) is 4.48. The lowest BCUT2D eigenvalue weighted by Crippen LogP contribution is -2.23. The zero-order valence-electron chi connectivity index (χ0n) is 11.5. The number of benzene rings is 2. The molecule has 3 heteroatoms. The van der Waals surface area contributed by atoms with Crippen LogP contribution in [-0.2, 0) is 0 Å². The van der Waals surface area contributed by atoms with Gasteiger partial charge in [-0.25, -0.2) is 0 Å². The molecule has 102 valence electrons. The van der Waals surface area contributed by atoms with Crippen LogP contribution in [0.3, 0.4) is 0 Å². The molecule has 2 aromatic carbocycles. The van der Waals surface area contributed by atoms with Crippen LogP contribution < -0.4 is 10.1 Å². The Morgan fingerprint density at radius 1 is 1.00 bits per heavy atom. The number of aliphatic imine (C=N–C) groups is 1. The predicted octanol–water partition coefficient (Wildman–Crippen LogP) is 3.58. The molecule has 20 heavy (non-hydrogen) atoms. The van der Waals surface area contributed by atoms with Gasteiger partial charge in [-0.2, -0.15) is 0 Å². The maximum Gasteiger partial charge on any atom is 0.127 e. The van der Waals surface area contributed by atoms with Crippen molar-refractivity contribution >= 4 is 5.84 Å². The van der Waals surface area contributed by atoms with Gasteiger partial charge in [-0.05, 0) is 29.8 Å². The van der Waals surface area contributed by atoms with E-state index in [9.17, 15) is 0 Å². The van der Waals surface area contributed by atoms with Crippen molar-refractivity contribution in [2.45, 2.75) is 12.8 Å². The number of para-hydroxylation sites is 1. The Morgan fingerprint density at radius 3 is 2.35 bits per heavy atom. The van der Waals surface area contributed by atoms with Crippen molar-refractivity contribution in [2.75, 3.05) is 13.1 Å². The lowest BCUT2D eigenvalue weighted by Gasteiger charge is -2.13. The van der Waals surface area contributed by atoms with Gasteiger partial charge in [-0.15, -0.1) is 0 Å². The third-order valence-corrected chi connectivity index (χ3v) is 3.47. The Balaban J connectivity index is 1.71. The Bertz CT molecular complexity index is 590. The molecule has 0 fully saturated rings. The summed E-state index contributed by atoms with van der Waals surface area (Å²) >= 11 is 0. The first kappa shape index (κ1) is 12.7. The minimum absolute atomic E-state index is 0.309. The average molecular weight is 266 g/mol. The summed E-state index contributed by atoms with van der Waals surface area (Å²) in [6.45, 7) is 4.01. The second-order valence-corrected chi connectivity index (χ2v) is 4.90. The highest BCUT2D eigenvalue weighted by molar-refractivity contribution is 5.89. The molecular weight excluding hydrogens is 248 g/mol. The first-order valence-corrected chi connectivity index (χ1v) is 6.94. The molecule has 1 aliphatic rings. The third kappa shape index (κ3) is 2.82. The van der Waals surface area contributed by atoms with Crippen LogP contribution >= 0.6 is 0 Å². The summed E-state index contributed by atoms with van der Waals surface area (Å²) in [6, 6.07) is 18.0. The molecule has 0 aromatic heterocycles. The molecule has 0 aliphatic carbocycles. The van der Waals surface area contributed by atoms with E-state index in [-0.39, 0.29) is 0 Å². The molecule has 1 unspecified atom stereocenters. The van der Waals surface area contributed by atoms with Crippen molar-refractivity contribution in [3.63, 3.8) is 0 Å². The standard InChI is InChI=1S/C17H18N2O/c1-13(17-18-11-12-19-17)14-7-9-16(10-8-14)20-15-5-3-2-4-6-15/h2-10,13H,11-12H2,1H3,(H,18,19). The van der Waals surface area contributed by atoms with Gasteiger partial charge in [0.25, 0.3) is 0 Å². The molecule has 2 aromatic rings. The SMILES string of the molecule is CC(C1=NCCN1)c1ccc(Oc2ccccc2)cc1. The van der Waals surface area contributed by atoms with Gasteiger partial charge in [0, 0.05) is 12.5 Å².